The second kappa shape index (κ2) is 7.93. The van der Waals surface area contributed by atoms with Gasteiger partial charge in [-0.15, -0.1) is 12.4 Å². The first-order valence-electron chi connectivity index (χ1n) is 6.55. The van der Waals surface area contributed by atoms with Crippen LogP contribution in [0.15, 0.2) is 0 Å². The quantitative estimate of drug-likeness (QED) is 0.843. The molecule has 0 spiro atoms. The number of rotatable bonds is 4. The minimum Gasteiger partial charge on any atom is -0.340 e. The lowest BCUT2D eigenvalue weighted by molar-refractivity contribution is -0.133. The summed E-state index contributed by atoms with van der Waals surface area (Å²) in [5.74, 6) is 1.49. The van der Waals surface area contributed by atoms with Gasteiger partial charge in [-0.3, -0.25) is 4.79 Å². The van der Waals surface area contributed by atoms with Gasteiger partial charge in [-0.1, -0.05) is 27.2 Å². The maximum Gasteiger partial charge on any atom is 0.222 e. The Labute approximate surface area is 112 Å². The molecule has 102 valence electrons. The number of carbonyl (C=O) groups excluding carboxylic acids is 1. The second-order valence-corrected chi connectivity index (χ2v) is 5.31. The summed E-state index contributed by atoms with van der Waals surface area (Å²) in [5.41, 5.74) is 0. The third kappa shape index (κ3) is 5.26. The van der Waals surface area contributed by atoms with Gasteiger partial charge in [0.05, 0.1) is 0 Å². The van der Waals surface area contributed by atoms with Crippen LogP contribution in [0.3, 0.4) is 0 Å². The van der Waals surface area contributed by atoms with Crippen molar-refractivity contribution < 1.29 is 4.79 Å². The number of halogens is 1. The summed E-state index contributed by atoms with van der Waals surface area (Å²) in [7, 11) is 0. The molecule has 1 heterocycles. The fourth-order valence-electron chi connectivity index (χ4n) is 2.36. The third-order valence-electron chi connectivity index (χ3n) is 3.63. The Morgan fingerprint density at radius 2 is 2.12 bits per heavy atom. The third-order valence-corrected chi connectivity index (χ3v) is 3.63. The standard InChI is InChI=1S/C13H26N2O.ClH/c1-5-12(10(2)3)8-13(16)15-7-6-14-11(4)9-15;/h10-12,14H,5-9H2,1-4H3;1H. The molecule has 0 aromatic rings. The van der Waals surface area contributed by atoms with Crippen LogP contribution in [0.25, 0.3) is 0 Å². The van der Waals surface area contributed by atoms with E-state index in [1.807, 2.05) is 4.90 Å². The molecule has 0 radical (unpaired) electrons. The van der Waals surface area contributed by atoms with Gasteiger partial charge in [0.2, 0.25) is 5.91 Å². The van der Waals surface area contributed by atoms with Gasteiger partial charge in [-0.25, -0.2) is 0 Å². The van der Waals surface area contributed by atoms with E-state index in [9.17, 15) is 4.79 Å². The molecule has 0 aromatic heterocycles. The van der Waals surface area contributed by atoms with E-state index in [1.165, 1.54) is 0 Å². The molecule has 1 amide bonds. The highest BCUT2D eigenvalue weighted by Crippen LogP contribution is 2.20. The maximum atomic E-state index is 12.1. The number of nitrogens with one attached hydrogen (secondary N) is 1. The van der Waals surface area contributed by atoms with Crippen LogP contribution in [0, 0.1) is 11.8 Å². The van der Waals surface area contributed by atoms with Crippen molar-refractivity contribution in [3.8, 4) is 0 Å². The zero-order valence-electron chi connectivity index (χ0n) is 11.5. The Balaban J connectivity index is 0.00000256. The van der Waals surface area contributed by atoms with Gasteiger partial charge in [-0.05, 0) is 18.8 Å². The molecule has 0 aliphatic carbocycles. The van der Waals surface area contributed by atoms with Gasteiger partial charge in [0, 0.05) is 32.1 Å². The lowest BCUT2D eigenvalue weighted by Crippen LogP contribution is -2.51. The topological polar surface area (TPSA) is 32.3 Å². The highest BCUT2D eigenvalue weighted by Gasteiger charge is 2.23. The first-order chi connectivity index (χ1) is 7.54. The average Bonchev–Trinajstić information content (AvgIpc) is 2.25. The zero-order valence-corrected chi connectivity index (χ0v) is 12.3. The molecule has 1 N–H and O–H groups in total. The predicted molar refractivity (Wildman–Crippen MR) is 74.5 cm³/mol. The van der Waals surface area contributed by atoms with E-state index < -0.39 is 0 Å². The molecule has 0 saturated carbocycles. The fourth-order valence-corrected chi connectivity index (χ4v) is 2.36. The Morgan fingerprint density at radius 3 is 2.59 bits per heavy atom. The number of nitrogens with zero attached hydrogens (tertiary/aromatic N) is 1. The smallest absolute Gasteiger partial charge is 0.222 e. The molecule has 1 saturated heterocycles. The van der Waals surface area contributed by atoms with Crippen LogP contribution >= 0.6 is 12.4 Å². The van der Waals surface area contributed by atoms with Crippen LogP contribution < -0.4 is 5.32 Å². The highest BCUT2D eigenvalue weighted by molar-refractivity contribution is 5.85. The Bertz CT molecular complexity index is 233. The molecule has 0 bridgehead atoms. The van der Waals surface area contributed by atoms with E-state index in [-0.39, 0.29) is 12.4 Å². The Kier molecular flexibility index (Phi) is 7.80. The maximum absolute atomic E-state index is 12.1. The Hall–Kier alpha value is -0.280. The first-order valence-corrected chi connectivity index (χ1v) is 6.55. The zero-order chi connectivity index (χ0) is 12.1. The molecule has 1 fully saturated rings. The number of amides is 1. The lowest BCUT2D eigenvalue weighted by atomic mass is 9.89. The van der Waals surface area contributed by atoms with Crippen LogP contribution in [-0.4, -0.2) is 36.5 Å². The molecule has 1 rings (SSSR count). The van der Waals surface area contributed by atoms with Crippen LogP contribution in [-0.2, 0) is 4.79 Å². The lowest BCUT2D eigenvalue weighted by Gasteiger charge is -2.33. The van der Waals surface area contributed by atoms with E-state index in [0.29, 0.717) is 23.8 Å². The second-order valence-electron chi connectivity index (χ2n) is 5.31. The molecule has 4 heteroatoms. The van der Waals surface area contributed by atoms with E-state index in [1.54, 1.807) is 0 Å². The van der Waals surface area contributed by atoms with Crippen LogP contribution in [0.5, 0.6) is 0 Å². The summed E-state index contributed by atoms with van der Waals surface area (Å²) in [5, 5.41) is 3.36. The monoisotopic (exact) mass is 262 g/mol. The molecule has 3 nitrogen and oxygen atoms in total. The number of piperazine rings is 1. The molecular weight excluding hydrogens is 236 g/mol. The largest absolute Gasteiger partial charge is 0.340 e. The van der Waals surface area contributed by atoms with Gasteiger partial charge >= 0.3 is 0 Å². The molecule has 0 aromatic carbocycles. The van der Waals surface area contributed by atoms with Crippen molar-refractivity contribution in [3.63, 3.8) is 0 Å². The van der Waals surface area contributed by atoms with Crippen molar-refractivity contribution in [2.75, 3.05) is 19.6 Å². The van der Waals surface area contributed by atoms with Gasteiger partial charge in [0.25, 0.3) is 0 Å². The van der Waals surface area contributed by atoms with Crippen molar-refractivity contribution in [2.45, 2.75) is 46.6 Å². The van der Waals surface area contributed by atoms with Crippen LogP contribution in [0.4, 0.5) is 0 Å². The molecule has 1 aliphatic rings. The summed E-state index contributed by atoms with van der Waals surface area (Å²) in [6.45, 7) is 11.4. The van der Waals surface area contributed by atoms with Gasteiger partial charge < -0.3 is 10.2 Å². The Morgan fingerprint density at radius 1 is 1.47 bits per heavy atom. The summed E-state index contributed by atoms with van der Waals surface area (Å²) >= 11 is 0. The van der Waals surface area contributed by atoms with E-state index >= 15 is 0 Å². The number of hydrogen-bond acceptors (Lipinski definition) is 2. The summed E-state index contributed by atoms with van der Waals surface area (Å²) in [6.07, 6.45) is 1.83. The first kappa shape index (κ1) is 16.7. The average molecular weight is 263 g/mol. The van der Waals surface area contributed by atoms with Gasteiger partial charge in [0.1, 0.15) is 0 Å². The molecular formula is C13H27ClN2O. The minimum absolute atomic E-state index is 0. The van der Waals surface area contributed by atoms with Crippen molar-refractivity contribution in [1.82, 2.24) is 10.2 Å². The molecule has 1 aliphatic heterocycles. The summed E-state index contributed by atoms with van der Waals surface area (Å²) in [4.78, 5) is 14.1. The van der Waals surface area contributed by atoms with Crippen LogP contribution in [0.1, 0.15) is 40.5 Å². The summed E-state index contributed by atoms with van der Waals surface area (Å²) < 4.78 is 0. The SMILES string of the molecule is CCC(CC(=O)N1CCNC(C)C1)C(C)C.Cl. The normalized spacial score (nSPS) is 22.2. The fraction of sp³-hybridized carbons (Fsp3) is 0.923. The highest BCUT2D eigenvalue weighted by atomic mass is 35.5. The van der Waals surface area contributed by atoms with Crippen molar-refractivity contribution in [3.05, 3.63) is 0 Å². The van der Waals surface area contributed by atoms with Crippen LogP contribution in [0.2, 0.25) is 0 Å². The van der Waals surface area contributed by atoms with E-state index in [2.05, 4.69) is 33.0 Å². The van der Waals surface area contributed by atoms with Gasteiger partial charge in [0.15, 0.2) is 0 Å². The van der Waals surface area contributed by atoms with E-state index in [4.69, 9.17) is 0 Å². The van der Waals surface area contributed by atoms with Crippen molar-refractivity contribution >= 4 is 18.3 Å². The molecule has 17 heavy (non-hydrogen) atoms. The molecule has 2 atom stereocenters. The minimum atomic E-state index is 0. The van der Waals surface area contributed by atoms with Gasteiger partial charge in [-0.2, -0.15) is 0 Å². The van der Waals surface area contributed by atoms with Crippen molar-refractivity contribution in [2.24, 2.45) is 11.8 Å². The number of carbonyl (C=O) groups is 1. The van der Waals surface area contributed by atoms with Crippen molar-refractivity contribution in [1.29, 1.82) is 0 Å². The molecule has 2 unspecified atom stereocenters. The number of hydrogen-bond donors (Lipinski definition) is 1. The summed E-state index contributed by atoms with van der Waals surface area (Å²) in [6, 6.07) is 0.442. The van der Waals surface area contributed by atoms with E-state index in [0.717, 1.165) is 32.5 Å². The predicted octanol–water partition coefficient (Wildman–Crippen LogP) is 2.30.